The number of benzene rings is 1. The van der Waals surface area contributed by atoms with Crippen molar-refractivity contribution in [3.63, 3.8) is 0 Å². The third kappa shape index (κ3) is 10.4. The predicted molar refractivity (Wildman–Crippen MR) is 216 cm³/mol. The number of rotatable bonds is 9. The minimum absolute atomic E-state index is 0.0429. The summed E-state index contributed by atoms with van der Waals surface area (Å²) in [5.74, 6) is -4.77. The average molecular weight is 826 g/mol. The predicted octanol–water partition coefficient (Wildman–Crippen LogP) is 4.87. The summed E-state index contributed by atoms with van der Waals surface area (Å²) in [6.45, 7) is 13.9. The Hall–Kier alpha value is -4.12. The van der Waals surface area contributed by atoms with Crippen LogP contribution >= 0.6 is 0 Å². The Balaban J connectivity index is 1.63. The Morgan fingerprint density at radius 3 is 2.36 bits per heavy atom. The zero-order valence-electron chi connectivity index (χ0n) is 35.8. The van der Waals surface area contributed by atoms with E-state index in [0.29, 0.717) is 12.0 Å². The van der Waals surface area contributed by atoms with Crippen LogP contribution in [0.3, 0.4) is 0 Å². The van der Waals surface area contributed by atoms with Gasteiger partial charge in [0.15, 0.2) is 18.0 Å². The first-order valence-electron chi connectivity index (χ1n) is 20.6. The van der Waals surface area contributed by atoms with E-state index in [2.05, 4.69) is 4.98 Å². The zero-order chi connectivity index (χ0) is 43.4. The van der Waals surface area contributed by atoms with E-state index in [-0.39, 0.29) is 36.5 Å². The molecular weight excluding hydrogens is 762 g/mol. The molecule has 1 aromatic heterocycles. The molecule has 59 heavy (non-hydrogen) atoms. The molecule has 0 aliphatic carbocycles. The molecule has 0 bridgehead atoms. The fourth-order valence-electron chi connectivity index (χ4n) is 8.99. The lowest BCUT2D eigenvalue weighted by Gasteiger charge is -2.47. The number of aliphatic hydroxyl groups is 2. The van der Waals surface area contributed by atoms with Gasteiger partial charge in [0.1, 0.15) is 24.1 Å². The molecule has 4 N–H and O–H groups in total. The van der Waals surface area contributed by atoms with Crippen molar-refractivity contribution < 1.29 is 57.8 Å². The molecule has 3 saturated heterocycles. The van der Waals surface area contributed by atoms with Gasteiger partial charge in [0, 0.05) is 30.1 Å². The maximum absolute atomic E-state index is 14.5. The summed E-state index contributed by atoms with van der Waals surface area (Å²) >= 11 is 0. The summed E-state index contributed by atoms with van der Waals surface area (Å²) in [4.78, 5) is 47.8. The lowest BCUT2D eigenvalue weighted by molar-refractivity contribution is -0.299. The highest BCUT2D eigenvalue weighted by Gasteiger charge is 2.59. The highest BCUT2D eigenvalue weighted by Crippen LogP contribution is 2.43. The number of esters is 2. The number of fused-ring (bicyclic) bond motifs is 1. The van der Waals surface area contributed by atoms with Crippen molar-refractivity contribution in [2.24, 2.45) is 29.4 Å². The molecule has 15 heteroatoms. The van der Waals surface area contributed by atoms with Crippen molar-refractivity contribution in [3.05, 3.63) is 66.2 Å². The number of aliphatic hydroxyl groups excluding tert-OH is 1. The molecule has 3 aliphatic rings. The van der Waals surface area contributed by atoms with Gasteiger partial charge in [-0.1, -0.05) is 58.0 Å². The van der Waals surface area contributed by atoms with Crippen molar-refractivity contribution in [3.8, 4) is 5.75 Å². The minimum Gasteiger partial charge on any atom is -0.458 e. The van der Waals surface area contributed by atoms with E-state index in [4.69, 9.17) is 38.9 Å². The number of carbonyl (C=O) groups is 3. The summed E-state index contributed by atoms with van der Waals surface area (Å²) in [5.41, 5.74) is 4.38. The third-order valence-electron chi connectivity index (χ3n) is 12.3. The van der Waals surface area contributed by atoms with Gasteiger partial charge < -0.3 is 54.0 Å². The molecular formula is C44H63N3O12. The molecule has 326 valence electrons. The van der Waals surface area contributed by atoms with Crippen LogP contribution < -0.4 is 10.5 Å². The Labute approximate surface area is 347 Å². The van der Waals surface area contributed by atoms with Gasteiger partial charge in [-0.15, -0.1) is 0 Å². The largest absolute Gasteiger partial charge is 0.509 e. The van der Waals surface area contributed by atoms with Crippen LogP contribution in [0.15, 0.2) is 60.6 Å². The number of ether oxygens (including phenoxy) is 7. The first kappa shape index (κ1) is 46.0. The minimum atomic E-state index is -1.75. The molecule has 0 radical (unpaired) electrons. The standard InChI is InChI=1S/C44H63N3O12/c1-11-33-44(8)38(58-42(51)59-44)26(4)34(45)24(2)22-43(7,52)37(57-41-35(48)31(47(9)10)20-25(3)53-41)27(5)36(28(6)39(49)55-33)56-40(50)32(21-29-16-13-12-14-17-29)54-30-18-15-19-46-23-30/h12-19,21,23-28,31,33-38,41,48,52H,11,20,22,45H2,1-10H3/b32-21-/t24-,25-,26-,27+,28-,31+,33?,34+,35-,36+,37-,38-,41+,43+,44-/m1/s1. The summed E-state index contributed by atoms with van der Waals surface area (Å²) in [6.07, 6.45) is -2.74. The van der Waals surface area contributed by atoms with Crippen molar-refractivity contribution in [2.45, 2.75) is 141 Å². The highest BCUT2D eigenvalue weighted by molar-refractivity contribution is 5.92. The third-order valence-corrected chi connectivity index (χ3v) is 12.3. The molecule has 2 aromatic rings. The fraction of sp³-hybridized carbons (Fsp3) is 0.636. The van der Waals surface area contributed by atoms with Crippen LogP contribution in [0.2, 0.25) is 0 Å². The van der Waals surface area contributed by atoms with Crippen molar-refractivity contribution >= 4 is 24.2 Å². The number of likely N-dealkylation sites (N-methyl/N-ethyl adjacent to an activating group) is 1. The number of pyridine rings is 1. The van der Waals surface area contributed by atoms with Gasteiger partial charge in [-0.3, -0.25) is 9.78 Å². The van der Waals surface area contributed by atoms with E-state index in [0.717, 1.165) is 0 Å². The molecule has 15 atom stereocenters. The van der Waals surface area contributed by atoms with Crippen LogP contribution in [0, 0.1) is 23.7 Å². The number of hydrogen-bond donors (Lipinski definition) is 3. The van der Waals surface area contributed by atoms with Gasteiger partial charge in [0.25, 0.3) is 0 Å². The number of carbonyl (C=O) groups excluding carboxylic acids is 3. The Kier molecular flexibility index (Phi) is 14.9. The topological polar surface area (TPSA) is 198 Å². The number of cyclic esters (lactones) is 1. The van der Waals surface area contributed by atoms with Gasteiger partial charge >= 0.3 is 18.1 Å². The lowest BCUT2D eigenvalue weighted by Crippen LogP contribution is -2.60. The van der Waals surface area contributed by atoms with E-state index in [1.165, 1.54) is 12.3 Å². The van der Waals surface area contributed by atoms with Crippen LogP contribution in [0.25, 0.3) is 6.08 Å². The maximum Gasteiger partial charge on any atom is 0.509 e. The molecule has 1 unspecified atom stereocenters. The van der Waals surface area contributed by atoms with E-state index in [1.54, 1.807) is 77.2 Å². The van der Waals surface area contributed by atoms with E-state index in [1.807, 2.05) is 45.8 Å². The lowest BCUT2D eigenvalue weighted by atomic mass is 9.72. The summed E-state index contributed by atoms with van der Waals surface area (Å²) in [6, 6.07) is 11.3. The monoisotopic (exact) mass is 825 g/mol. The first-order chi connectivity index (χ1) is 27.8. The van der Waals surface area contributed by atoms with Crippen molar-refractivity contribution in [2.75, 3.05) is 14.1 Å². The fourth-order valence-corrected chi connectivity index (χ4v) is 8.99. The summed E-state index contributed by atoms with van der Waals surface area (Å²) in [5, 5.41) is 24.3. The van der Waals surface area contributed by atoms with Crippen LogP contribution in [0.4, 0.5) is 4.79 Å². The van der Waals surface area contributed by atoms with E-state index in [9.17, 15) is 24.6 Å². The van der Waals surface area contributed by atoms with Crippen molar-refractivity contribution in [1.29, 1.82) is 0 Å². The Morgan fingerprint density at radius 1 is 1.03 bits per heavy atom. The maximum atomic E-state index is 14.5. The zero-order valence-corrected chi connectivity index (χ0v) is 35.8. The number of aromatic nitrogens is 1. The van der Waals surface area contributed by atoms with E-state index >= 15 is 0 Å². The molecule has 4 heterocycles. The molecule has 0 spiro atoms. The van der Waals surface area contributed by atoms with Gasteiger partial charge in [-0.05, 0) is 90.7 Å². The Bertz CT molecular complexity index is 1760. The van der Waals surface area contributed by atoms with Gasteiger partial charge in [-0.2, -0.15) is 0 Å². The highest BCUT2D eigenvalue weighted by atomic mass is 16.8. The SMILES string of the molecule is CCC1OC(=O)[C@H](C)[C@@H](OC(=O)/C(=C/c2ccccc2)Oc2cccnc2)[C@H](C)[C@@H](O[C@@H]2O[C@H](C)C[C@H](N(C)C)[C@H]2O)[C@@](C)(O)C[C@@H](C)[C@H](N)[C@@H](C)[C@H]2OC(=O)O[C@]12C. The molecule has 15 nitrogen and oxygen atoms in total. The molecule has 0 saturated carbocycles. The van der Waals surface area contributed by atoms with Gasteiger partial charge in [0.2, 0.25) is 5.76 Å². The van der Waals surface area contributed by atoms with Crippen LogP contribution in [-0.2, 0) is 38.0 Å². The number of nitrogens with two attached hydrogens (primary N) is 1. The smallest absolute Gasteiger partial charge is 0.458 e. The molecule has 3 aliphatic heterocycles. The summed E-state index contributed by atoms with van der Waals surface area (Å²) in [7, 11) is 3.71. The molecule has 5 rings (SSSR count). The molecule has 1 aromatic carbocycles. The second-order valence-corrected chi connectivity index (χ2v) is 17.2. The molecule has 0 amide bonds. The second kappa shape index (κ2) is 19.1. The molecule has 3 fully saturated rings. The summed E-state index contributed by atoms with van der Waals surface area (Å²) < 4.78 is 43.0. The number of hydrogen-bond acceptors (Lipinski definition) is 15. The Morgan fingerprint density at radius 2 is 1.73 bits per heavy atom. The second-order valence-electron chi connectivity index (χ2n) is 17.2. The average Bonchev–Trinajstić information content (AvgIpc) is 3.51. The van der Waals surface area contributed by atoms with Crippen LogP contribution in [0.1, 0.15) is 80.2 Å². The number of nitrogens with zero attached hydrogens (tertiary/aromatic N) is 2. The van der Waals surface area contributed by atoms with Gasteiger partial charge in [0.05, 0.1) is 29.9 Å². The van der Waals surface area contributed by atoms with E-state index < -0.39 is 95.8 Å². The van der Waals surface area contributed by atoms with Gasteiger partial charge in [-0.25, -0.2) is 9.59 Å². The normalized spacial score (nSPS) is 38.6. The van der Waals surface area contributed by atoms with Crippen LogP contribution in [-0.4, -0.2) is 118 Å². The first-order valence-corrected chi connectivity index (χ1v) is 20.6. The van der Waals surface area contributed by atoms with Crippen molar-refractivity contribution in [1.82, 2.24) is 9.88 Å². The quantitative estimate of drug-likeness (QED) is 0.134. The van der Waals surface area contributed by atoms with Crippen LogP contribution in [0.5, 0.6) is 5.75 Å².